The van der Waals surface area contributed by atoms with E-state index in [2.05, 4.69) is 30.8 Å². The van der Waals surface area contributed by atoms with E-state index >= 15 is 0 Å². The summed E-state index contributed by atoms with van der Waals surface area (Å²) in [5.74, 6) is 0.837. The molecule has 11 heteroatoms. The van der Waals surface area contributed by atoms with E-state index in [4.69, 9.17) is 0 Å². The Hall–Kier alpha value is -2.69. The van der Waals surface area contributed by atoms with E-state index < -0.39 is 11.7 Å². The molecule has 3 rings (SSSR count). The van der Waals surface area contributed by atoms with Gasteiger partial charge in [-0.2, -0.15) is 13.2 Å². The summed E-state index contributed by atoms with van der Waals surface area (Å²) in [6, 6.07) is 2.28. The molecule has 3 heterocycles. The fraction of sp³-hybridized carbons (Fsp3) is 0.375. The predicted molar refractivity (Wildman–Crippen MR) is 96.6 cm³/mol. The Kier molecular flexibility index (Phi) is 5.31. The van der Waals surface area contributed by atoms with Gasteiger partial charge in [-0.05, 0) is 26.0 Å². The van der Waals surface area contributed by atoms with Gasteiger partial charge in [0.15, 0.2) is 17.4 Å². The second-order valence-electron chi connectivity index (χ2n) is 5.79. The molecule has 0 atom stereocenters. The molecule has 0 unspecified atom stereocenters. The summed E-state index contributed by atoms with van der Waals surface area (Å²) < 4.78 is 40.0. The number of rotatable bonds is 4. The molecule has 7 nitrogen and oxygen atoms in total. The molecule has 27 heavy (non-hydrogen) atoms. The third-order valence-electron chi connectivity index (χ3n) is 3.92. The van der Waals surface area contributed by atoms with Crippen molar-refractivity contribution in [2.45, 2.75) is 33.1 Å². The molecule has 0 aromatic carbocycles. The first kappa shape index (κ1) is 19.1. The lowest BCUT2D eigenvalue weighted by Gasteiger charge is -2.11. The number of aryl methyl sites for hydroxylation is 2. The molecule has 0 saturated heterocycles. The van der Waals surface area contributed by atoms with Gasteiger partial charge in [-0.1, -0.05) is 0 Å². The fourth-order valence-corrected chi connectivity index (χ4v) is 3.26. The monoisotopic (exact) mass is 397 g/mol. The number of halogens is 3. The van der Waals surface area contributed by atoms with E-state index in [0.29, 0.717) is 24.0 Å². The molecule has 0 aliphatic carbocycles. The number of hydrogen-bond donors (Lipinski definition) is 2. The van der Waals surface area contributed by atoms with Crippen LogP contribution < -0.4 is 10.6 Å². The lowest BCUT2D eigenvalue weighted by atomic mass is 10.3. The normalized spacial score (nSPS) is 12.6. The topological polar surface area (TPSA) is 79.5 Å². The molecule has 3 aromatic rings. The van der Waals surface area contributed by atoms with Gasteiger partial charge in [-0.15, -0.1) is 21.5 Å². The maximum Gasteiger partial charge on any atom is 0.417 e. The summed E-state index contributed by atoms with van der Waals surface area (Å²) >= 11 is 1.60. The molecular formula is C16H18F3N7S. The molecule has 0 aliphatic heterocycles. The van der Waals surface area contributed by atoms with Crippen LogP contribution in [0.1, 0.15) is 27.0 Å². The smallest absolute Gasteiger partial charge is 0.350 e. The van der Waals surface area contributed by atoms with Crippen molar-refractivity contribution in [3.8, 4) is 0 Å². The Morgan fingerprint density at radius 2 is 1.93 bits per heavy atom. The molecule has 0 spiro atoms. The second-order valence-corrected chi connectivity index (χ2v) is 7.08. The van der Waals surface area contributed by atoms with E-state index in [9.17, 15) is 13.2 Å². The SMILES string of the molecule is CN=C(NCc1nc(C)c(C)s1)NCc1nnc2ccc(C(F)(F)F)cn12. The third kappa shape index (κ3) is 4.35. The van der Waals surface area contributed by atoms with Gasteiger partial charge in [0, 0.05) is 18.1 Å². The Morgan fingerprint density at radius 1 is 1.19 bits per heavy atom. The highest BCUT2D eigenvalue weighted by atomic mass is 32.1. The fourth-order valence-electron chi connectivity index (χ4n) is 2.38. The van der Waals surface area contributed by atoms with Gasteiger partial charge >= 0.3 is 6.18 Å². The molecule has 0 bridgehead atoms. The van der Waals surface area contributed by atoms with E-state index in [1.807, 2.05) is 13.8 Å². The molecule has 3 aromatic heterocycles. The summed E-state index contributed by atoms with van der Waals surface area (Å²) in [5.41, 5.74) is 0.583. The standard InChI is InChI=1S/C16H18F3N7S/c1-9-10(2)27-14(23-9)7-22-15(20-3)21-6-13-25-24-12-5-4-11(8-26(12)13)16(17,18)19/h4-5,8H,6-7H2,1-3H3,(H2,20,21,22). The highest BCUT2D eigenvalue weighted by Crippen LogP contribution is 2.29. The Balaban J connectivity index is 1.67. The number of aliphatic imine (C=N–C) groups is 1. The first-order valence-electron chi connectivity index (χ1n) is 8.06. The number of aromatic nitrogens is 4. The van der Waals surface area contributed by atoms with E-state index in [0.717, 1.165) is 27.8 Å². The first-order chi connectivity index (χ1) is 12.8. The number of nitrogens with zero attached hydrogens (tertiary/aromatic N) is 5. The van der Waals surface area contributed by atoms with Crippen LogP contribution in [0.5, 0.6) is 0 Å². The second kappa shape index (κ2) is 7.51. The van der Waals surface area contributed by atoms with Crippen molar-refractivity contribution in [1.82, 2.24) is 30.2 Å². The maximum atomic E-state index is 12.9. The summed E-state index contributed by atoms with van der Waals surface area (Å²) in [7, 11) is 1.61. The molecule has 0 radical (unpaired) electrons. The van der Waals surface area contributed by atoms with Crippen molar-refractivity contribution >= 4 is 22.9 Å². The van der Waals surface area contributed by atoms with Crippen LogP contribution in [0.15, 0.2) is 23.3 Å². The van der Waals surface area contributed by atoms with Crippen molar-refractivity contribution in [2.24, 2.45) is 4.99 Å². The van der Waals surface area contributed by atoms with Gasteiger partial charge in [0.05, 0.1) is 24.3 Å². The summed E-state index contributed by atoms with van der Waals surface area (Å²) in [6.45, 7) is 4.62. The van der Waals surface area contributed by atoms with Crippen molar-refractivity contribution < 1.29 is 13.2 Å². The molecule has 2 N–H and O–H groups in total. The lowest BCUT2D eigenvalue weighted by Crippen LogP contribution is -2.36. The Labute approximate surface area is 157 Å². The summed E-state index contributed by atoms with van der Waals surface area (Å²) in [6.07, 6.45) is -3.44. The largest absolute Gasteiger partial charge is 0.417 e. The van der Waals surface area contributed by atoms with Crippen LogP contribution in [0.4, 0.5) is 13.2 Å². The van der Waals surface area contributed by atoms with Crippen LogP contribution >= 0.6 is 11.3 Å². The van der Waals surface area contributed by atoms with Crippen molar-refractivity contribution in [3.05, 3.63) is 45.3 Å². The molecule has 0 amide bonds. The van der Waals surface area contributed by atoms with E-state index in [-0.39, 0.29) is 6.54 Å². The van der Waals surface area contributed by atoms with Gasteiger partial charge in [0.1, 0.15) is 5.01 Å². The average molecular weight is 397 g/mol. The molecule has 144 valence electrons. The summed E-state index contributed by atoms with van der Waals surface area (Å²) in [4.78, 5) is 9.70. The highest BCUT2D eigenvalue weighted by Gasteiger charge is 2.31. The van der Waals surface area contributed by atoms with Gasteiger partial charge in [0.2, 0.25) is 0 Å². The molecular weight excluding hydrogens is 379 g/mol. The molecule has 0 fully saturated rings. The van der Waals surface area contributed by atoms with Crippen LogP contribution in [0.2, 0.25) is 0 Å². The van der Waals surface area contributed by atoms with Crippen LogP contribution in [0.25, 0.3) is 5.65 Å². The van der Waals surface area contributed by atoms with Gasteiger partial charge < -0.3 is 10.6 Å². The third-order valence-corrected chi connectivity index (χ3v) is 4.99. The zero-order valence-electron chi connectivity index (χ0n) is 14.9. The highest BCUT2D eigenvalue weighted by molar-refractivity contribution is 7.11. The number of thiazole rings is 1. The number of guanidine groups is 1. The van der Waals surface area contributed by atoms with Crippen LogP contribution in [-0.2, 0) is 19.3 Å². The minimum absolute atomic E-state index is 0.165. The maximum absolute atomic E-state index is 12.9. The zero-order valence-corrected chi connectivity index (χ0v) is 15.7. The zero-order chi connectivity index (χ0) is 19.6. The number of pyridine rings is 1. The van der Waals surface area contributed by atoms with E-state index in [1.165, 1.54) is 10.5 Å². The van der Waals surface area contributed by atoms with Gasteiger partial charge in [0.25, 0.3) is 0 Å². The van der Waals surface area contributed by atoms with Gasteiger partial charge in [-0.3, -0.25) is 9.39 Å². The van der Waals surface area contributed by atoms with Crippen molar-refractivity contribution in [2.75, 3.05) is 7.05 Å². The number of fused-ring (bicyclic) bond motifs is 1. The van der Waals surface area contributed by atoms with Crippen LogP contribution in [0.3, 0.4) is 0 Å². The lowest BCUT2D eigenvalue weighted by molar-refractivity contribution is -0.137. The Morgan fingerprint density at radius 3 is 2.56 bits per heavy atom. The van der Waals surface area contributed by atoms with Crippen molar-refractivity contribution in [1.29, 1.82) is 0 Å². The minimum Gasteiger partial charge on any atom is -0.350 e. The van der Waals surface area contributed by atoms with Gasteiger partial charge in [-0.25, -0.2) is 4.98 Å². The summed E-state index contributed by atoms with van der Waals surface area (Å²) in [5, 5.41) is 14.9. The minimum atomic E-state index is -4.43. The van der Waals surface area contributed by atoms with Crippen LogP contribution in [-0.4, -0.2) is 32.6 Å². The Bertz CT molecular complexity index is 955. The first-order valence-corrected chi connectivity index (χ1v) is 8.88. The number of alkyl halides is 3. The van der Waals surface area contributed by atoms with E-state index in [1.54, 1.807) is 18.4 Å². The predicted octanol–water partition coefficient (Wildman–Crippen LogP) is 2.69. The molecule has 0 saturated carbocycles. The number of nitrogens with one attached hydrogen (secondary N) is 2. The quantitative estimate of drug-likeness (QED) is 0.523. The van der Waals surface area contributed by atoms with Crippen molar-refractivity contribution in [3.63, 3.8) is 0 Å². The average Bonchev–Trinajstić information content (AvgIpc) is 3.17. The van der Waals surface area contributed by atoms with Crippen LogP contribution in [0, 0.1) is 13.8 Å². The number of hydrogen-bond acceptors (Lipinski definition) is 5. The molecule has 0 aliphatic rings.